The quantitative estimate of drug-likeness (QED) is 0.345. The summed E-state index contributed by atoms with van der Waals surface area (Å²) in [6, 6.07) is 15.9. The van der Waals surface area contributed by atoms with E-state index in [-0.39, 0.29) is 24.9 Å². The lowest BCUT2D eigenvalue weighted by molar-refractivity contribution is -0.118. The lowest BCUT2D eigenvalue weighted by Crippen LogP contribution is -2.29. The average molecular weight is 500 g/mol. The van der Waals surface area contributed by atoms with Crippen molar-refractivity contribution in [2.75, 3.05) is 25.0 Å². The SMILES string of the molecule is CCN1CCc2c(sc(NC(=O)COc3ccccc3C)c2-c2nc3ccccc3s2)C1.Cl. The number of ether oxygens (including phenoxy) is 1. The molecule has 33 heavy (non-hydrogen) atoms. The fourth-order valence-electron chi connectivity index (χ4n) is 4.04. The first-order valence-corrected chi connectivity index (χ1v) is 12.5. The summed E-state index contributed by atoms with van der Waals surface area (Å²) in [7, 11) is 0. The lowest BCUT2D eigenvalue weighted by Gasteiger charge is -2.25. The molecule has 0 saturated heterocycles. The van der Waals surface area contributed by atoms with Crippen LogP contribution in [0.15, 0.2) is 48.5 Å². The molecule has 172 valence electrons. The molecular weight excluding hydrogens is 474 g/mol. The van der Waals surface area contributed by atoms with Crippen molar-refractivity contribution in [2.45, 2.75) is 26.8 Å². The number of nitrogens with one attached hydrogen (secondary N) is 1. The van der Waals surface area contributed by atoms with Gasteiger partial charge in [-0.1, -0.05) is 37.3 Å². The fraction of sp³-hybridized carbons (Fsp3) is 0.280. The number of hydrogen-bond acceptors (Lipinski definition) is 6. The first-order chi connectivity index (χ1) is 15.6. The lowest BCUT2D eigenvalue weighted by atomic mass is 10.0. The van der Waals surface area contributed by atoms with Gasteiger partial charge in [-0.15, -0.1) is 35.1 Å². The van der Waals surface area contributed by atoms with E-state index < -0.39 is 0 Å². The second kappa shape index (κ2) is 10.2. The molecule has 4 aromatic rings. The van der Waals surface area contributed by atoms with Gasteiger partial charge in [-0.3, -0.25) is 9.69 Å². The number of rotatable bonds is 6. The van der Waals surface area contributed by atoms with Crippen molar-refractivity contribution in [2.24, 2.45) is 0 Å². The molecule has 5 nitrogen and oxygen atoms in total. The predicted octanol–water partition coefficient (Wildman–Crippen LogP) is 6.15. The zero-order chi connectivity index (χ0) is 22.1. The summed E-state index contributed by atoms with van der Waals surface area (Å²) in [5, 5.41) is 4.99. The number of fused-ring (bicyclic) bond motifs is 2. The Bertz CT molecular complexity index is 1250. The molecule has 1 aliphatic rings. The number of thiophene rings is 1. The van der Waals surface area contributed by atoms with Gasteiger partial charge in [-0.05, 0) is 49.2 Å². The summed E-state index contributed by atoms with van der Waals surface area (Å²) in [6.07, 6.45) is 0.973. The van der Waals surface area contributed by atoms with Crippen molar-refractivity contribution in [3.8, 4) is 16.3 Å². The minimum Gasteiger partial charge on any atom is -0.483 e. The predicted molar refractivity (Wildman–Crippen MR) is 140 cm³/mol. The Morgan fingerprint density at radius 3 is 2.73 bits per heavy atom. The van der Waals surface area contributed by atoms with E-state index in [1.807, 2.05) is 49.4 Å². The highest BCUT2D eigenvalue weighted by molar-refractivity contribution is 7.22. The monoisotopic (exact) mass is 499 g/mol. The molecule has 1 N–H and O–H groups in total. The molecule has 2 aromatic heterocycles. The van der Waals surface area contributed by atoms with E-state index in [2.05, 4.69) is 23.2 Å². The van der Waals surface area contributed by atoms with Gasteiger partial charge >= 0.3 is 0 Å². The number of aryl methyl sites for hydroxylation is 1. The summed E-state index contributed by atoms with van der Waals surface area (Å²) < 4.78 is 6.93. The Hall–Kier alpha value is -2.45. The number of benzene rings is 2. The van der Waals surface area contributed by atoms with Crippen LogP contribution >= 0.6 is 35.1 Å². The molecule has 0 spiro atoms. The zero-order valence-electron chi connectivity index (χ0n) is 18.6. The number of anilines is 1. The summed E-state index contributed by atoms with van der Waals surface area (Å²) in [4.78, 5) is 21.5. The molecule has 8 heteroatoms. The maximum atomic E-state index is 12.8. The van der Waals surface area contributed by atoms with Gasteiger partial charge in [0.2, 0.25) is 0 Å². The molecule has 0 unspecified atom stereocenters. The van der Waals surface area contributed by atoms with Crippen LogP contribution in [0.4, 0.5) is 5.00 Å². The molecule has 0 radical (unpaired) electrons. The molecule has 3 heterocycles. The first-order valence-electron chi connectivity index (χ1n) is 10.8. The Labute approximate surface area is 207 Å². The van der Waals surface area contributed by atoms with Crippen LogP contribution in [0.25, 0.3) is 20.8 Å². The van der Waals surface area contributed by atoms with Crippen LogP contribution in [0.5, 0.6) is 5.75 Å². The number of carbonyl (C=O) groups is 1. The van der Waals surface area contributed by atoms with Crippen LogP contribution in [0, 0.1) is 6.92 Å². The second-order valence-corrected chi connectivity index (χ2v) is 10.1. The third-order valence-electron chi connectivity index (χ3n) is 5.80. The molecule has 0 aliphatic carbocycles. The summed E-state index contributed by atoms with van der Waals surface area (Å²) in [6.45, 7) is 7.13. The maximum Gasteiger partial charge on any atom is 0.262 e. The fourth-order valence-corrected chi connectivity index (χ4v) is 6.46. The minimum absolute atomic E-state index is 0. The van der Waals surface area contributed by atoms with E-state index in [4.69, 9.17) is 9.72 Å². The van der Waals surface area contributed by atoms with Crippen LogP contribution in [-0.4, -0.2) is 35.5 Å². The molecule has 0 bridgehead atoms. The number of nitrogens with zero attached hydrogens (tertiary/aromatic N) is 2. The van der Waals surface area contributed by atoms with Crippen LogP contribution in [0.1, 0.15) is 22.9 Å². The minimum atomic E-state index is -0.151. The van der Waals surface area contributed by atoms with Gasteiger partial charge in [0.05, 0.1) is 10.2 Å². The number of carbonyl (C=O) groups excluding carboxylic acids is 1. The van der Waals surface area contributed by atoms with Gasteiger partial charge in [0.1, 0.15) is 15.8 Å². The normalized spacial score (nSPS) is 13.4. The Kier molecular flexibility index (Phi) is 7.34. The third kappa shape index (κ3) is 4.92. The van der Waals surface area contributed by atoms with Crippen LogP contribution in [-0.2, 0) is 17.8 Å². The largest absolute Gasteiger partial charge is 0.483 e. The second-order valence-electron chi connectivity index (χ2n) is 7.92. The Morgan fingerprint density at radius 2 is 1.94 bits per heavy atom. The van der Waals surface area contributed by atoms with E-state index >= 15 is 0 Å². The number of likely N-dealkylation sites (N-methyl/N-ethyl adjacent to an activating group) is 1. The number of para-hydroxylation sites is 2. The van der Waals surface area contributed by atoms with Crippen molar-refractivity contribution in [1.29, 1.82) is 0 Å². The van der Waals surface area contributed by atoms with E-state index in [0.29, 0.717) is 0 Å². The smallest absolute Gasteiger partial charge is 0.262 e. The molecule has 1 amide bonds. The molecule has 0 saturated carbocycles. The Balaban J connectivity index is 0.00000259. The van der Waals surface area contributed by atoms with Crippen molar-refractivity contribution in [1.82, 2.24) is 9.88 Å². The van der Waals surface area contributed by atoms with Gasteiger partial charge < -0.3 is 10.1 Å². The number of hydrogen-bond donors (Lipinski definition) is 1. The van der Waals surface area contributed by atoms with Crippen molar-refractivity contribution in [3.05, 3.63) is 64.5 Å². The van der Waals surface area contributed by atoms with Crippen LogP contribution in [0.3, 0.4) is 0 Å². The van der Waals surface area contributed by atoms with Crippen LogP contribution in [0.2, 0.25) is 0 Å². The van der Waals surface area contributed by atoms with Crippen molar-refractivity contribution in [3.63, 3.8) is 0 Å². The number of amides is 1. The molecule has 5 rings (SSSR count). The van der Waals surface area contributed by atoms with E-state index in [1.54, 1.807) is 22.7 Å². The number of aromatic nitrogens is 1. The maximum absolute atomic E-state index is 12.8. The number of thiazole rings is 1. The van der Waals surface area contributed by atoms with Crippen molar-refractivity contribution >= 4 is 56.2 Å². The van der Waals surface area contributed by atoms with Gasteiger partial charge in [0, 0.05) is 23.5 Å². The summed E-state index contributed by atoms with van der Waals surface area (Å²) in [5.74, 6) is 0.583. The summed E-state index contributed by atoms with van der Waals surface area (Å²) in [5.41, 5.74) is 4.43. The van der Waals surface area contributed by atoms with Gasteiger partial charge in [-0.25, -0.2) is 4.98 Å². The highest BCUT2D eigenvalue weighted by Gasteiger charge is 2.27. The van der Waals surface area contributed by atoms with Crippen LogP contribution < -0.4 is 10.1 Å². The Morgan fingerprint density at radius 1 is 1.15 bits per heavy atom. The molecule has 1 aliphatic heterocycles. The van der Waals surface area contributed by atoms with Gasteiger partial charge in [0.15, 0.2) is 6.61 Å². The molecule has 0 atom stereocenters. The molecule has 0 fully saturated rings. The average Bonchev–Trinajstić information content (AvgIpc) is 3.38. The molecular formula is C25H26ClN3O2S2. The van der Waals surface area contributed by atoms with E-state index in [1.165, 1.54) is 10.4 Å². The highest BCUT2D eigenvalue weighted by Crippen LogP contribution is 2.45. The third-order valence-corrected chi connectivity index (χ3v) is 7.98. The topological polar surface area (TPSA) is 54.5 Å². The number of halogens is 1. The van der Waals surface area contributed by atoms with Gasteiger partial charge in [0.25, 0.3) is 5.91 Å². The molecule has 2 aromatic carbocycles. The standard InChI is InChI=1S/C25H25N3O2S2.ClH/c1-3-28-13-12-17-21(14-28)32-25(23(17)24-26-18-9-5-7-11-20(18)31-24)27-22(29)15-30-19-10-6-4-8-16(19)2;/h4-11H,3,12-15H2,1-2H3,(H,27,29);1H. The first kappa shape index (κ1) is 23.7. The zero-order valence-corrected chi connectivity index (χ0v) is 21.0. The van der Waals surface area contributed by atoms with E-state index in [9.17, 15) is 4.79 Å². The van der Waals surface area contributed by atoms with Gasteiger partial charge in [-0.2, -0.15) is 0 Å². The van der Waals surface area contributed by atoms with Crippen molar-refractivity contribution < 1.29 is 9.53 Å². The highest BCUT2D eigenvalue weighted by atomic mass is 35.5. The summed E-state index contributed by atoms with van der Waals surface area (Å²) >= 11 is 3.36. The van der Waals surface area contributed by atoms with E-state index in [0.717, 1.165) is 63.2 Å².